The minimum Gasteiger partial charge on any atom is -0.472 e. The Morgan fingerprint density at radius 1 is 1.69 bits per heavy atom. The van der Waals surface area contributed by atoms with E-state index in [2.05, 4.69) is 10.4 Å². The molecule has 0 radical (unpaired) electrons. The molecule has 1 heterocycles. The Balaban J connectivity index is 2.05. The molecule has 0 unspecified atom stereocenters. The van der Waals surface area contributed by atoms with Crippen LogP contribution in [0.4, 0.5) is 5.69 Å². The molecule has 88 valence electrons. The highest BCUT2D eigenvalue weighted by Gasteiger charge is 2.26. The molecule has 0 saturated heterocycles. The van der Waals surface area contributed by atoms with Crippen molar-refractivity contribution in [2.24, 2.45) is 0 Å². The summed E-state index contributed by atoms with van der Waals surface area (Å²) in [6.45, 7) is 1.21. The number of carbonyl (C=O) groups is 1. The van der Waals surface area contributed by atoms with Gasteiger partial charge in [-0.15, -0.1) is 5.10 Å². The highest BCUT2D eigenvalue weighted by atomic mass is 16.5. The predicted octanol–water partition coefficient (Wildman–Crippen LogP) is 0.639. The Morgan fingerprint density at radius 2 is 2.50 bits per heavy atom. The zero-order chi connectivity index (χ0) is 11.4. The van der Waals surface area contributed by atoms with Gasteiger partial charge in [-0.2, -0.15) is 0 Å². The van der Waals surface area contributed by atoms with Crippen molar-refractivity contribution in [1.82, 2.24) is 9.78 Å². The first-order valence-electron chi connectivity index (χ1n) is 5.26. The lowest BCUT2D eigenvalue weighted by Gasteiger charge is -2.01. The average molecular weight is 225 g/mol. The van der Waals surface area contributed by atoms with Gasteiger partial charge in [0.2, 0.25) is 6.41 Å². The lowest BCUT2D eigenvalue weighted by molar-refractivity contribution is -0.105. The topological polar surface area (TPSA) is 65.4 Å². The van der Waals surface area contributed by atoms with Crippen LogP contribution in [-0.2, 0) is 16.1 Å². The smallest absolute Gasteiger partial charge is 0.257 e. The van der Waals surface area contributed by atoms with E-state index in [1.807, 2.05) is 0 Å². The summed E-state index contributed by atoms with van der Waals surface area (Å²) < 4.78 is 12.2. The fourth-order valence-corrected chi connectivity index (χ4v) is 1.30. The van der Waals surface area contributed by atoms with E-state index in [1.165, 1.54) is 0 Å². The van der Waals surface area contributed by atoms with Gasteiger partial charge in [-0.05, 0) is 12.8 Å². The molecule has 0 atom stereocenters. The minimum atomic E-state index is 0.262. The molecular formula is C10H15N3O3. The third-order valence-corrected chi connectivity index (χ3v) is 2.27. The van der Waals surface area contributed by atoms with Crippen molar-refractivity contribution >= 4 is 12.1 Å². The van der Waals surface area contributed by atoms with Gasteiger partial charge in [-0.1, -0.05) is 0 Å². The van der Waals surface area contributed by atoms with E-state index < -0.39 is 0 Å². The molecule has 1 aromatic heterocycles. The molecule has 1 aliphatic rings. The summed E-state index contributed by atoms with van der Waals surface area (Å²) in [4.78, 5) is 10.4. The van der Waals surface area contributed by atoms with E-state index in [4.69, 9.17) is 9.47 Å². The van der Waals surface area contributed by atoms with Crippen LogP contribution in [0.5, 0.6) is 5.88 Å². The number of amides is 1. The molecule has 6 nitrogen and oxygen atoms in total. The first-order chi connectivity index (χ1) is 7.83. The largest absolute Gasteiger partial charge is 0.472 e. The molecule has 0 aliphatic heterocycles. The van der Waals surface area contributed by atoms with Crippen LogP contribution in [0.3, 0.4) is 0 Å². The van der Waals surface area contributed by atoms with Crippen molar-refractivity contribution in [3.8, 4) is 5.88 Å². The zero-order valence-corrected chi connectivity index (χ0v) is 9.18. The molecule has 1 saturated carbocycles. The Morgan fingerprint density at radius 3 is 3.12 bits per heavy atom. The number of aromatic nitrogens is 2. The molecule has 0 aromatic carbocycles. The Labute approximate surface area is 93.5 Å². The standard InChI is InChI=1S/C10H15N3O3/c1-15-5-4-13-6-9(11-7-14)10(12-13)16-8-2-3-8/h6-8H,2-5H2,1H3,(H,11,14). The van der Waals surface area contributed by atoms with Gasteiger partial charge in [0.05, 0.1) is 19.3 Å². The SMILES string of the molecule is COCCn1cc(NC=O)c(OC2CC2)n1. The zero-order valence-electron chi connectivity index (χ0n) is 9.18. The van der Waals surface area contributed by atoms with Gasteiger partial charge in [-0.3, -0.25) is 9.48 Å². The molecule has 1 fully saturated rings. The third-order valence-electron chi connectivity index (χ3n) is 2.27. The fraction of sp³-hybridized carbons (Fsp3) is 0.600. The van der Waals surface area contributed by atoms with Crippen molar-refractivity contribution in [3.63, 3.8) is 0 Å². The van der Waals surface area contributed by atoms with Crippen LogP contribution in [-0.4, -0.2) is 36.0 Å². The fourth-order valence-electron chi connectivity index (χ4n) is 1.30. The van der Waals surface area contributed by atoms with Crippen LogP contribution in [0.15, 0.2) is 6.20 Å². The van der Waals surface area contributed by atoms with Gasteiger partial charge in [0.15, 0.2) is 0 Å². The molecule has 2 rings (SSSR count). The number of anilines is 1. The monoisotopic (exact) mass is 225 g/mol. The van der Waals surface area contributed by atoms with Gasteiger partial charge in [0, 0.05) is 7.11 Å². The Bertz CT molecular complexity index is 360. The molecule has 1 amide bonds. The van der Waals surface area contributed by atoms with Gasteiger partial charge in [-0.25, -0.2) is 0 Å². The number of hydrogen-bond acceptors (Lipinski definition) is 4. The van der Waals surface area contributed by atoms with Crippen LogP contribution in [0.25, 0.3) is 0 Å². The van der Waals surface area contributed by atoms with Gasteiger partial charge >= 0.3 is 0 Å². The normalized spacial score (nSPS) is 14.8. The van der Waals surface area contributed by atoms with Crippen molar-refractivity contribution in [2.75, 3.05) is 19.0 Å². The summed E-state index contributed by atoms with van der Waals surface area (Å²) in [5.74, 6) is 0.491. The number of rotatable bonds is 7. The maximum atomic E-state index is 10.4. The van der Waals surface area contributed by atoms with Crippen molar-refractivity contribution in [2.45, 2.75) is 25.5 Å². The molecule has 0 bridgehead atoms. The van der Waals surface area contributed by atoms with Crippen molar-refractivity contribution < 1.29 is 14.3 Å². The van der Waals surface area contributed by atoms with Crippen LogP contribution in [0.1, 0.15) is 12.8 Å². The summed E-state index contributed by atoms with van der Waals surface area (Å²) in [7, 11) is 1.63. The average Bonchev–Trinajstić information content (AvgIpc) is 3.00. The van der Waals surface area contributed by atoms with E-state index in [1.54, 1.807) is 18.0 Å². The molecule has 0 spiro atoms. The van der Waals surface area contributed by atoms with Gasteiger partial charge < -0.3 is 14.8 Å². The molecular weight excluding hydrogens is 210 g/mol. The number of hydrogen-bond donors (Lipinski definition) is 1. The number of methoxy groups -OCH3 is 1. The third kappa shape index (κ3) is 2.73. The molecule has 6 heteroatoms. The molecule has 1 N–H and O–H groups in total. The van der Waals surface area contributed by atoms with E-state index in [-0.39, 0.29) is 6.10 Å². The maximum Gasteiger partial charge on any atom is 0.257 e. The van der Waals surface area contributed by atoms with E-state index in [0.29, 0.717) is 31.1 Å². The molecule has 1 aliphatic carbocycles. The van der Waals surface area contributed by atoms with Crippen LogP contribution < -0.4 is 10.1 Å². The van der Waals surface area contributed by atoms with Crippen LogP contribution >= 0.6 is 0 Å². The van der Waals surface area contributed by atoms with Crippen LogP contribution in [0, 0.1) is 0 Å². The highest BCUT2D eigenvalue weighted by Crippen LogP contribution is 2.30. The second-order valence-electron chi connectivity index (χ2n) is 3.68. The summed E-state index contributed by atoms with van der Waals surface area (Å²) in [6, 6.07) is 0. The maximum absolute atomic E-state index is 10.4. The minimum absolute atomic E-state index is 0.262. The lowest BCUT2D eigenvalue weighted by Crippen LogP contribution is -2.05. The molecule has 16 heavy (non-hydrogen) atoms. The summed E-state index contributed by atoms with van der Waals surface area (Å²) >= 11 is 0. The van der Waals surface area contributed by atoms with Crippen molar-refractivity contribution in [3.05, 3.63) is 6.20 Å². The van der Waals surface area contributed by atoms with E-state index in [9.17, 15) is 4.79 Å². The summed E-state index contributed by atoms with van der Waals surface area (Å²) in [5, 5.41) is 6.82. The second kappa shape index (κ2) is 4.98. The van der Waals surface area contributed by atoms with E-state index >= 15 is 0 Å². The quantitative estimate of drug-likeness (QED) is 0.691. The van der Waals surface area contributed by atoms with Gasteiger partial charge in [0.1, 0.15) is 11.8 Å². The predicted molar refractivity (Wildman–Crippen MR) is 57.4 cm³/mol. The number of nitrogens with zero attached hydrogens (tertiary/aromatic N) is 2. The Kier molecular flexibility index (Phi) is 3.40. The summed E-state index contributed by atoms with van der Waals surface area (Å²) in [5.41, 5.74) is 0.609. The first-order valence-corrected chi connectivity index (χ1v) is 5.26. The number of ether oxygens (including phenoxy) is 2. The highest BCUT2D eigenvalue weighted by molar-refractivity contribution is 5.73. The van der Waals surface area contributed by atoms with Gasteiger partial charge in [0.25, 0.3) is 5.88 Å². The van der Waals surface area contributed by atoms with Crippen LogP contribution in [0.2, 0.25) is 0 Å². The number of nitrogens with one attached hydrogen (secondary N) is 1. The Hall–Kier alpha value is -1.56. The number of carbonyl (C=O) groups excluding carboxylic acids is 1. The van der Waals surface area contributed by atoms with Crippen molar-refractivity contribution in [1.29, 1.82) is 0 Å². The lowest BCUT2D eigenvalue weighted by atomic mass is 10.5. The molecule has 1 aromatic rings. The van der Waals surface area contributed by atoms with E-state index in [0.717, 1.165) is 12.8 Å². The second-order valence-corrected chi connectivity index (χ2v) is 3.68. The first kappa shape index (κ1) is 10.9. The summed E-state index contributed by atoms with van der Waals surface area (Å²) in [6.07, 6.45) is 4.75.